The average molecular weight is 289 g/mol. The molecule has 116 valence electrons. The van der Waals surface area contributed by atoms with Gasteiger partial charge in [0, 0.05) is 38.4 Å². The number of anilines is 1. The predicted octanol–water partition coefficient (Wildman–Crippen LogP) is 1.97. The van der Waals surface area contributed by atoms with Gasteiger partial charge < -0.3 is 15.1 Å². The molecular weight excluding hydrogens is 262 g/mol. The number of carbonyl (C=O) groups excluding carboxylic acids is 1. The molecule has 1 unspecified atom stereocenters. The SMILES string of the molecule is CCN(c1ccccc1)C(C(=O)N1CCNCC1)C(C)C. The molecule has 0 saturated carbocycles. The number of para-hydroxylation sites is 1. The van der Waals surface area contributed by atoms with E-state index in [0.717, 1.165) is 38.4 Å². The molecule has 4 nitrogen and oxygen atoms in total. The van der Waals surface area contributed by atoms with Crippen LogP contribution in [0.25, 0.3) is 0 Å². The Labute approximate surface area is 128 Å². The fourth-order valence-corrected chi connectivity index (χ4v) is 3.01. The molecule has 1 aliphatic rings. The zero-order valence-corrected chi connectivity index (χ0v) is 13.4. The van der Waals surface area contributed by atoms with Gasteiger partial charge >= 0.3 is 0 Å². The van der Waals surface area contributed by atoms with Gasteiger partial charge in [-0.2, -0.15) is 0 Å². The highest BCUT2D eigenvalue weighted by Crippen LogP contribution is 2.22. The Balaban J connectivity index is 2.22. The molecule has 1 heterocycles. The molecule has 0 aromatic heterocycles. The van der Waals surface area contributed by atoms with Crippen molar-refractivity contribution in [1.82, 2.24) is 10.2 Å². The van der Waals surface area contributed by atoms with Gasteiger partial charge in [0.05, 0.1) is 0 Å². The maximum Gasteiger partial charge on any atom is 0.245 e. The molecule has 0 aliphatic carbocycles. The van der Waals surface area contributed by atoms with Gasteiger partial charge in [-0.1, -0.05) is 32.0 Å². The Morgan fingerprint density at radius 3 is 2.38 bits per heavy atom. The number of rotatable bonds is 5. The van der Waals surface area contributed by atoms with Crippen LogP contribution in [0.5, 0.6) is 0 Å². The van der Waals surface area contributed by atoms with Crippen LogP contribution in [-0.2, 0) is 4.79 Å². The van der Waals surface area contributed by atoms with E-state index in [1.807, 2.05) is 23.1 Å². The Bertz CT molecular complexity index is 441. The first-order chi connectivity index (χ1) is 10.1. The van der Waals surface area contributed by atoms with E-state index >= 15 is 0 Å². The molecular formula is C17H27N3O. The van der Waals surface area contributed by atoms with Gasteiger partial charge in [-0.25, -0.2) is 0 Å². The Morgan fingerprint density at radius 1 is 1.24 bits per heavy atom. The maximum absolute atomic E-state index is 13.0. The number of benzene rings is 1. The van der Waals surface area contributed by atoms with Gasteiger partial charge in [-0.3, -0.25) is 4.79 Å². The third-order valence-electron chi connectivity index (χ3n) is 4.08. The molecule has 1 N–H and O–H groups in total. The topological polar surface area (TPSA) is 35.6 Å². The zero-order valence-electron chi connectivity index (χ0n) is 13.4. The summed E-state index contributed by atoms with van der Waals surface area (Å²) < 4.78 is 0. The standard InChI is InChI=1S/C17H27N3O/c1-4-20(15-8-6-5-7-9-15)16(14(2)3)17(21)19-12-10-18-11-13-19/h5-9,14,16,18H,4,10-13H2,1-3H3. The third-order valence-corrected chi connectivity index (χ3v) is 4.08. The summed E-state index contributed by atoms with van der Waals surface area (Å²) in [6.45, 7) is 10.6. The normalized spacial score (nSPS) is 16.9. The van der Waals surface area contributed by atoms with Crippen molar-refractivity contribution in [3.8, 4) is 0 Å². The summed E-state index contributed by atoms with van der Waals surface area (Å²) in [5.41, 5.74) is 1.13. The lowest BCUT2D eigenvalue weighted by Crippen LogP contribution is -2.56. The molecule has 1 fully saturated rings. The minimum absolute atomic E-state index is 0.0875. The first-order valence-corrected chi connectivity index (χ1v) is 7.96. The van der Waals surface area contributed by atoms with Gasteiger partial charge in [0.1, 0.15) is 6.04 Å². The minimum atomic E-state index is -0.0875. The van der Waals surface area contributed by atoms with E-state index in [0.29, 0.717) is 0 Å². The second kappa shape index (κ2) is 7.46. The van der Waals surface area contributed by atoms with E-state index < -0.39 is 0 Å². The molecule has 0 spiro atoms. The molecule has 0 bridgehead atoms. The average Bonchev–Trinajstić information content (AvgIpc) is 2.53. The van der Waals surface area contributed by atoms with Crippen LogP contribution in [0.3, 0.4) is 0 Å². The highest BCUT2D eigenvalue weighted by atomic mass is 16.2. The molecule has 2 rings (SSSR count). The van der Waals surface area contributed by atoms with Crippen molar-refractivity contribution in [3.63, 3.8) is 0 Å². The lowest BCUT2D eigenvalue weighted by atomic mass is 9.99. The van der Waals surface area contributed by atoms with Gasteiger partial charge in [0.15, 0.2) is 0 Å². The van der Waals surface area contributed by atoms with Crippen LogP contribution < -0.4 is 10.2 Å². The number of piperazine rings is 1. The molecule has 1 atom stereocenters. The van der Waals surface area contributed by atoms with Gasteiger partial charge in [-0.15, -0.1) is 0 Å². The van der Waals surface area contributed by atoms with Crippen molar-refractivity contribution in [2.24, 2.45) is 5.92 Å². The number of hydrogen-bond acceptors (Lipinski definition) is 3. The van der Waals surface area contributed by atoms with Gasteiger partial charge in [-0.05, 0) is 25.0 Å². The van der Waals surface area contributed by atoms with Crippen LogP contribution in [0.15, 0.2) is 30.3 Å². The molecule has 1 aromatic rings. The highest BCUT2D eigenvalue weighted by Gasteiger charge is 2.32. The molecule has 1 amide bonds. The van der Waals surface area contributed by atoms with E-state index in [1.165, 1.54) is 0 Å². The van der Waals surface area contributed by atoms with E-state index in [4.69, 9.17) is 0 Å². The number of likely N-dealkylation sites (N-methyl/N-ethyl adjacent to an activating group) is 1. The van der Waals surface area contributed by atoms with Crippen molar-refractivity contribution in [3.05, 3.63) is 30.3 Å². The lowest BCUT2D eigenvalue weighted by molar-refractivity contribution is -0.134. The van der Waals surface area contributed by atoms with Gasteiger partial charge in [0.25, 0.3) is 0 Å². The summed E-state index contributed by atoms with van der Waals surface area (Å²) in [6, 6.07) is 10.2. The van der Waals surface area contributed by atoms with Crippen molar-refractivity contribution < 1.29 is 4.79 Å². The molecule has 0 radical (unpaired) electrons. The Morgan fingerprint density at radius 2 is 1.86 bits per heavy atom. The quantitative estimate of drug-likeness (QED) is 0.900. The lowest BCUT2D eigenvalue weighted by Gasteiger charge is -2.39. The number of nitrogens with zero attached hydrogens (tertiary/aromatic N) is 2. The summed E-state index contributed by atoms with van der Waals surface area (Å²) in [7, 11) is 0. The number of nitrogens with one attached hydrogen (secondary N) is 1. The van der Waals surface area contributed by atoms with Crippen molar-refractivity contribution in [2.75, 3.05) is 37.6 Å². The second-order valence-electron chi connectivity index (χ2n) is 5.89. The summed E-state index contributed by atoms with van der Waals surface area (Å²) in [6.07, 6.45) is 0. The van der Waals surface area contributed by atoms with Crippen molar-refractivity contribution in [2.45, 2.75) is 26.8 Å². The van der Waals surface area contributed by atoms with Crippen LogP contribution in [0, 0.1) is 5.92 Å². The van der Waals surface area contributed by atoms with E-state index in [9.17, 15) is 4.79 Å². The summed E-state index contributed by atoms with van der Waals surface area (Å²) in [5, 5.41) is 3.31. The van der Waals surface area contributed by atoms with Crippen LogP contribution in [0.4, 0.5) is 5.69 Å². The maximum atomic E-state index is 13.0. The number of hydrogen-bond donors (Lipinski definition) is 1. The summed E-state index contributed by atoms with van der Waals surface area (Å²) in [4.78, 5) is 17.2. The first kappa shape index (κ1) is 15.8. The smallest absolute Gasteiger partial charge is 0.245 e. The fraction of sp³-hybridized carbons (Fsp3) is 0.588. The van der Waals surface area contributed by atoms with E-state index in [1.54, 1.807) is 0 Å². The van der Waals surface area contributed by atoms with Crippen LogP contribution in [0.1, 0.15) is 20.8 Å². The van der Waals surface area contributed by atoms with Crippen molar-refractivity contribution >= 4 is 11.6 Å². The van der Waals surface area contributed by atoms with Crippen LogP contribution in [-0.4, -0.2) is 49.6 Å². The van der Waals surface area contributed by atoms with Crippen molar-refractivity contribution in [1.29, 1.82) is 0 Å². The minimum Gasteiger partial charge on any atom is -0.360 e. The number of amides is 1. The van der Waals surface area contributed by atoms with Crippen LogP contribution in [0.2, 0.25) is 0 Å². The summed E-state index contributed by atoms with van der Waals surface area (Å²) >= 11 is 0. The summed E-state index contributed by atoms with van der Waals surface area (Å²) in [5.74, 6) is 0.546. The van der Waals surface area contributed by atoms with E-state index in [2.05, 4.69) is 43.1 Å². The fourth-order valence-electron chi connectivity index (χ4n) is 3.01. The molecule has 1 aromatic carbocycles. The molecule has 4 heteroatoms. The third kappa shape index (κ3) is 3.76. The predicted molar refractivity (Wildman–Crippen MR) is 87.5 cm³/mol. The highest BCUT2D eigenvalue weighted by molar-refractivity contribution is 5.85. The molecule has 1 aliphatic heterocycles. The van der Waals surface area contributed by atoms with Crippen LogP contribution >= 0.6 is 0 Å². The van der Waals surface area contributed by atoms with E-state index in [-0.39, 0.29) is 17.9 Å². The first-order valence-electron chi connectivity index (χ1n) is 7.96. The Kier molecular flexibility index (Phi) is 5.62. The number of carbonyl (C=O) groups is 1. The Hall–Kier alpha value is -1.55. The zero-order chi connectivity index (χ0) is 15.2. The second-order valence-corrected chi connectivity index (χ2v) is 5.89. The monoisotopic (exact) mass is 289 g/mol. The molecule has 1 saturated heterocycles. The largest absolute Gasteiger partial charge is 0.360 e. The molecule has 21 heavy (non-hydrogen) atoms. The van der Waals surface area contributed by atoms with Gasteiger partial charge in [0.2, 0.25) is 5.91 Å².